The Morgan fingerprint density at radius 1 is 1.26 bits per heavy atom. The second kappa shape index (κ2) is 6.82. The fourth-order valence-corrected chi connectivity index (χ4v) is 3.75. The van der Waals surface area contributed by atoms with Gasteiger partial charge in [-0.05, 0) is 24.5 Å². The van der Waals surface area contributed by atoms with Crippen LogP contribution in [0.15, 0.2) is 29.3 Å². The van der Waals surface area contributed by atoms with Crippen LogP contribution in [0.1, 0.15) is 36.3 Å². The zero-order chi connectivity index (χ0) is 19.0. The number of fused-ring (bicyclic) bond motifs is 1. The summed E-state index contributed by atoms with van der Waals surface area (Å²) in [6.45, 7) is 1.13. The first-order valence-electron chi connectivity index (χ1n) is 8.91. The van der Waals surface area contributed by atoms with Gasteiger partial charge in [0.25, 0.3) is 5.56 Å². The maximum atomic E-state index is 12.8. The average molecular weight is 368 g/mol. The van der Waals surface area contributed by atoms with Crippen molar-refractivity contribution < 1.29 is 9.59 Å². The molecule has 140 valence electrons. The summed E-state index contributed by atoms with van der Waals surface area (Å²) in [5.41, 5.74) is 6.34. The molecule has 2 aromatic heterocycles. The molecule has 0 spiro atoms. The predicted molar refractivity (Wildman–Crippen MR) is 98.3 cm³/mol. The number of nitrogens with one attached hydrogen (secondary N) is 2. The lowest BCUT2D eigenvalue weighted by molar-refractivity contribution is -0.122. The lowest BCUT2D eigenvalue weighted by Crippen LogP contribution is -2.41. The maximum absolute atomic E-state index is 12.8. The van der Waals surface area contributed by atoms with E-state index in [-0.39, 0.29) is 41.4 Å². The Labute approximate surface area is 155 Å². The number of nitrogens with two attached hydrogens (primary N) is 1. The molecule has 1 atom stereocenters. The van der Waals surface area contributed by atoms with Gasteiger partial charge in [0, 0.05) is 43.7 Å². The minimum atomic E-state index is -0.381. The van der Waals surface area contributed by atoms with Gasteiger partial charge < -0.3 is 16.0 Å². The number of aromatic nitrogens is 3. The highest BCUT2D eigenvalue weighted by Crippen LogP contribution is 2.34. The minimum absolute atomic E-state index is 0.153. The highest BCUT2D eigenvalue weighted by atomic mass is 16.2. The van der Waals surface area contributed by atoms with Crippen molar-refractivity contribution in [1.29, 1.82) is 0 Å². The number of piperidine rings is 1. The fraction of sp³-hybridized carbons (Fsp3) is 0.389. The normalized spacial score (nSPS) is 20.1. The van der Waals surface area contributed by atoms with Crippen molar-refractivity contribution in [2.24, 2.45) is 11.7 Å². The van der Waals surface area contributed by atoms with Crippen LogP contribution in [0.25, 0.3) is 0 Å². The number of H-pyrrole nitrogens is 1. The number of pyridine rings is 1. The molecular weight excluding hydrogens is 348 g/mol. The summed E-state index contributed by atoms with van der Waals surface area (Å²) in [6.07, 6.45) is 4.71. The highest BCUT2D eigenvalue weighted by Gasteiger charge is 2.32. The monoisotopic (exact) mass is 368 g/mol. The number of anilines is 2. The first-order valence-corrected chi connectivity index (χ1v) is 8.91. The SMILES string of the molecule is NC(=O)C1CCN(c2nc3c(c(=O)[nH]2)C(c2cccnc2)CC(=O)N3)CC1. The van der Waals surface area contributed by atoms with Gasteiger partial charge in [-0.3, -0.25) is 24.4 Å². The van der Waals surface area contributed by atoms with Gasteiger partial charge in [0.1, 0.15) is 5.82 Å². The van der Waals surface area contributed by atoms with Gasteiger partial charge in [0.15, 0.2) is 0 Å². The van der Waals surface area contributed by atoms with Gasteiger partial charge in [-0.25, -0.2) is 0 Å². The van der Waals surface area contributed by atoms with Crippen LogP contribution >= 0.6 is 0 Å². The number of nitrogens with zero attached hydrogens (tertiary/aromatic N) is 3. The Balaban J connectivity index is 1.67. The second-order valence-electron chi connectivity index (χ2n) is 6.91. The number of aromatic amines is 1. The quantitative estimate of drug-likeness (QED) is 0.715. The van der Waals surface area contributed by atoms with Crippen molar-refractivity contribution in [3.8, 4) is 0 Å². The zero-order valence-electron chi connectivity index (χ0n) is 14.6. The van der Waals surface area contributed by atoms with Crippen molar-refractivity contribution in [1.82, 2.24) is 15.0 Å². The van der Waals surface area contributed by atoms with E-state index in [1.165, 1.54) is 0 Å². The zero-order valence-corrected chi connectivity index (χ0v) is 14.6. The molecule has 0 aliphatic carbocycles. The lowest BCUT2D eigenvalue weighted by Gasteiger charge is -2.32. The van der Waals surface area contributed by atoms with Gasteiger partial charge in [-0.15, -0.1) is 0 Å². The lowest BCUT2D eigenvalue weighted by atomic mass is 9.88. The van der Waals surface area contributed by atoms with E-state index < -0.39 is 0 Å². The van der Waals surface area contributed by atoms with Crippen LogP contribution in [0.5, 0.6) is 0 Å². The number of amides is 2. The number of carbonyl (C=O) groups excluding carboxylic acids is 2. The number of primary amides is 1. The Hall–Kier alpha value is -3.23. The molecule has 9 nitrogen and oxygen atoms in total. The summed E-state index contributed by atoms with van der Waals surface area (Å²) in [5.74, 6) is -0.334. The molecule has 1 fully saturated rings. The van der Waals surface area contributed by atoms with Crippen LogP contribution in [0.4, 0.5) is 11.8 Å². The number of rotatable bonds is 3. The Morgan fingerprint density at radius 3 is 2.70 bits per heavy atom. The molecule has 4 N–H and O–H groups in total. The van der Waals surface area contributed by atoms with E-state index in [2.05, 4.69) is 20.3 Å². The molecule has 0 radical (unpaired) electrons. The molecule has 27 heavy (non-hydrogen) atoms. The van der Waals surface area contributed by atoms with Crippen molar-refractivity contribution >= 4 is 23.6 Å². The summed E-state index contributed by atoms with van der Waals surface area (Å²) in [5, 5.41) is 2.72. The van der Waals surface area contributed by atoms with Crippen molar-refractivity contribution in [2.75, 3.05) is 23.3 Å². The van der Waals surface area contributed by atoms with Crippen molar-refractivity contribution in [3.63, 3.8) is 0 Å². The number of hydrogen-bond donors (Lipinski definition) is 3. The van der Waals surface area contributed by atoms with E-state index in [1.807, 2.05) is 11.0 Å². The van der Waals surface area contributed by atoms with Crippen molar-refractivity contribution in [2.45, 2.75) is 25.2 Å². The van der Waals surface area contributed by atoms with Gasteiger partial charge >= 0.3 is 0 Å². The highest BCUT2D eigenvalue weighted by molar-refractivity contribution is 5.94. The number of hydrogen-bond acceptors (Lipinski definition) is 6. The van der Waals surface area contributed by atoms with E-state index in [0.29, 0.717) is 37.4 Å². The van der Waals surface area contributed by atoms with Gasteiger partial charge in [0.05, 0.1) is 5.56 Å². The second-order valence-corrected chi connectivity index (χ2v) is 6.91. The Kier molecular flexibility index (Phi) is 4.35. The third kappa shape index (κ3) is 3.27. The van der Waals surface area contributed by atoms with E-state index in [1.54, 1.807) is 18.5 Å². The molecule has 2 aromatic rings. The molecular formula is C18H20N6O3. The smallest absolute Gasteiger partial charge is 0.258 e. The Morgan fingerprint density at radius 2 is 2.04 bits per heavy atom. The van der Waals surface area contributed by atoms with Crippen LogP contribution in [0.3, 0.4) is 0 Å². The number of carbonyl (C=O) groups is 2. The third-order valence-corrected chi connectivity index (χ3v) is 5.22. The molecule has 1 unspecified atom stereocenters. The molecule has 4 rings (SSSR count). The third-order valence-electron chi connectivity index (χ3n) is 5.22. The van der Waals surface area contributed by atoms with Crippen LogP contribution in [-0.4, -0.2) is 39.9 Å². The first-order chi connectivity index (χ1) is 13.0. The molecule has 4 heterocycles. The van der Waals surface area contributed by atoms with Crippen LogP contribution in [0.2, 0.25) is 0 Å². The van der Waals surface area contributed by atoms with Crippen molar-refractivity contribution in [3.05, 3.63) is 46.0 Å². The fourth-order valence-electron chi connectivity index (χ4n) is 3.75. The van der Waals surface area contributed by atoms with Crippen LogP contribution in [0, 0.1) is 5.92 Å². The molecule has 0 saturated carbocycles. The molecule has 2 amide bonds. The first kappa shape index (κ1) is 17.2. The van der Waals surface area contributed by atoms with Gasteiger partial charge in [-0.1, -0.05) is 6.07 Å². The van der Waals surface area contributed by atoms with Gasteiger partial charge in [-0.2, -0.15) is 4.98 Å². The Bertz CT molecular complexity index is 934. The maximum Gasteiger partial charge on any atom is 0.258 e. The van der Waals surface area contributed by atoms with Gasteiger partial charge in [0.2, 0.25) is 17.8 Å². The standard InChI is InChI=1S/C18H20N6O3/c19-15(26)10-3-6-24(7-4-10)18-22-16-14(17(27)23-18)12(8-13(25)21-16)11-2-1-5-20-9-11/h1-2,5,9-10,12H,3-4,6-8H2,(H2,19,26)(H2,21,22,23,25,27). The summed E-state index contributed by atoms with van der Waals surface area (Å²) in [6, 6.07) is 3.63. The average Bonchev–Trinajstić information content (AvgIpc) is 2.67. The molecule has 0 bridgehead atoms. The summed E-state index contributed by atoms with van der Waals surface area (Å²) in [7, 11) is 0. The van der Waals surface area contributed by atoms with E-state index in [4.69, 9.17) is 5.73 Å². The van der Waals surface area contributed by atoms with Crippen LogP contribution < -0.4 is 21.5 Å². The summed E-state index contributed by atoms with van der Waals surface area (Å²) < 4.78 is 0. The molecule has 1 saturated heterocycles. The summed E-state index contributed by atoms with van der Waals surface area (Å²) in [4.78, 5) is 49.7. The minimum Gasteiger partial charge on any atom is -0.369 e. The van der Waals surface area contributed by atoms with E-state index >= 15 is 0 Å². The molecule has 2 aliphatic heterocycles. The topological polar surface area (TPSA) is 134 Å². The van der Waals surface area contributed by atoms with E-state index in [9.17, 15) is 14.4 Å². The predicted octanol–water partition coefficient (Wildman–Crippen LogP) is 0.341. The molecule has 0 aromatic carbocycles. The summed E-state index contributed by atoms with van der Waals surface area (Å²) >= 11 is 0. The molecule has 2 aliphatic rings. The van der Waals surface area contributed by atoms with E-state index in [0.717, 1.165) is 5.56 Å². The molecule has 9 heteroatoms. The van der Waals surface area contributed by atoms with Crippen LogP contribution in [-0.2, 0) is 9.59 Å². The largest absolute Gasteiger partial charge is 0.369 e.